The largest absolute Gasteiger partial charge is 0.452 e. The summed E-state index contributed by atoms with van der Waals surface area (Å²) in [5, 5.41) is 0. The second-order valence-electron chi connectivity index (χ2n) is 7.67. The number of carbonyl (C=O) groups excluding carboxylic acids is 3. The van der Waals surface area contributed by atoms with Crippen molar-refractivity contribution in [3.63, 3.8) is 0 Å². The predicted octanol–water partition coefficient (Wildman–Crippen LogP) is 1.86. The smallest absolute Gasteiger partial charge is 0.338 e. The third kappa shape index (κ3) is 3.86. The molecule has 1 amide bonds. The lowest BCUT2D eigenvalue weighted by molar-refractivity contribution is -0.146. The number of morpholine rings is 1. The highest BCUT2D eigenvalue weighted by Crippen LogP contribution is 2.34. The minimum absolute atomic E-state index is 0.00242. The van der Waals surface area contributed by atoms with Gasteiger partial charge in [-0.05, 0) is 44.2 Å². The molecule has 8 nitrogen and oxygen atoms in total. The average molecular weight is 443 g/mol. The number of esters is 1. The summed E-state index contributed by atoms with van der Waals surface area (Å²) in [5.74, 6) is -1.62. The van der Waals surface area contributed by atoms with Crippen molar-refractivity contribution in [2.75, 3.05) is 19.7 Å². The number of amides is 1. The fourth-order valence-electron chi connectivity index (χ4n) is 3.89. The van der Waals surface area contributed by atoms with Crippen molar-refractivity contribution in [3.8, 4) is 0 Å². The van der Waals surface area contributed by atoms with Gasteiger partial charge < -0.3 is 14.4 Å². The normalized spacial score (nSPS) is 21.7. The number of ether oxygens (including phenoxy) is 2. The van der Waals surface area contributed by atoms with Gasteiger partial charge in [0.2, 0.25) is 9.84 Å². The zero-order chi connectivity index (χ0) is 22.3. The van der Waals surface area contributed by atoms with Crippen LogP contribution >= 0.6 is 0 Å². The van der Waals surface area contributed by atoms with Crippen LogP contribution in [0.15, 0.2) is 52.3 Å². The quantitative estimate of drug-likeness (QED) is 0.569. The first-order valence-corrected chi connectivity index (χ1v) is 11.3. The van der Waals surface area contributed by atoms with Gasteiger partial charge in [0.15, 0.2) is 12.4 Å². The van der Waals surface area contributed by atoms with Gasteiger partial charge in [-0.1, -0.05) is 12.1 Å². The Morgan fingerprint density at radius 3 is 2.39 bits per heavy atom. The van der Waals surface area contributed by atoms with E-state index in [1.807, 2.05) is 13.8 Å². The first-order valence-electron chi connectivity index (χ1n) is 9.81. The van der Waals surface area contributed by atoms with E-state index in [1.165, 1.54) is 30.3 Å². The summed E-state index contributed by atoms with van der Waals surface area (Å²) in [6.45, 7) is 4.05. The summed E-state index contributed by atoms with van der Waals surface area (Å²) in [5.41, 5.74) is 0.0542. The van der Waals surface area contributed by atoms with Crippen LogP contribution in [0.1, 0.15) is 40.1 Å². The van der Waals surface area contributed by atoms with Crippen LogP contribution in [0.4, 0.5) is 0 Å². The van der Waals surface area contributed by atoms with Crippen molar-refractivity contribution in [1.29, 1.82) is 0 Å². The summed E-state index contributed by atoms with van der Waals surface area (Å²) in [7, 11) is -3.97. The average Bonchev–Trinajstić information content (AvgIpc) is 2.75. The Kier molecular flexibility index (Phi) is 5.40. The van der Waals surface area contributed by atoms with Gasteiger partial charge in [-0.25, -0.2) is 13.2 Å². The Hall–Kier alpha value is -3.04. The SMILES string of the molecule is C[C@@H]1CN(C(=O)COC(=O)c2ccc3c(c2)S(=O)(=O)c2ccccc2C3=O)C[C@@H](C)O1. The molecule has 162 valence electrons. The molecule has 0 aliphatic carbocycles. The van der Waals surface area contributed by atoms with Gasteiger partial charge in [0.1, 0.15) is 0 Å². The Bertz CT molecular complexity index is 1180. The molecular formula is C22H21NO7S. The Labute approximate surface area is 179 Å². The Morgan fingerprint density at radius 1 is 1.03 bits per heavy atom. The summed E-state index contributed by atoms with van der Waals surface area (Å²) in [6, 6.07) is 9.70. The molecule has 9 heteroatoms. The van der Waals surface area contributed by atoms with Gasteiger partial charge in [-0.3, -0.25) is 9.59 Å². The van der Waals surface area contributed by atoms with Crippen molar-refractivity contribution in [2.45, 2.75) is 35.8 Å². The second kappa shape index (κ2) is 7.90. The van der Waals surface area contributed by atoms with E-state index in [-0.39, 0.29) is 44.6 Å². The molecule has 0 N–H and O–H groups in total. The van der Waals surface area contributed by atoms with Gasteiger partial charge >= 0.3 is 5.97 Å². The monoisotopic (exact) mass is 443 g/mol. The second-order valence-corrected chi connectivity index (χ2v) is 9.56. The van der Waals surface area contributed by atoms with Gasteiger partial charge in [-0.2, -0.15) is 0 Å². The topological polar surface area (TPSA) is 107 Å². The highest BCUT2D eigenvalue weighted by Gasteiger charge is 2.35. The molecule has 2 heterocycles. The number of hydrogen-bond donors (Lipinski definition) is 0. The summed E-state index contributed by atoms with van der Waals surface area (Å²) in [6.07, 6.45) is -0.232. The maximum absolute atomic E-state index is 13.0. The lowest BCUT2D eigenvalue weighted by Gasteiger charge is -2.35. The Balaban J connectivity index is 1.53. The Morgan fingerprint density at radius 2 is 1.68 bits per heavy atom. The van der Waals surface area contributed by atoms with E-state index >= 15 is 0 Å². The van der Waals surface area contributed by atoms with Crippen LogP contribution in [0.3, 0.4) is 0 Å². The molecule has 0 spiro atoms. The molecule has 0 bridgehead atoms. The highest BCUT2D eigenvalue weighted by atomic mass is 32.2. The van der Waals surface area contributed by atoms with Gasteiger partial charge in [0, 0.05) is 24.2 Å². The number of ketones is 1. The fraction of sp³-hybridized carbons (Fsp3) is 0.318. The zero-order valence-electron chi connectivity index (χ0n) is 17.0. The molecule has 2 atom stereocenters. The molecule has 0 saturated carbocycles. The minimum Gasteiger partial charge on any atom is -0.452 e. The molecule has 0 radical (unpaired) electrons. The number of carbonyl (C=O) groups is 3. The van der Waals surface area contributed by atoms with Crippen molar-refractivity contribution < 1.29 is 32.3 Å². The fourth-order valence-corrected chi connectivity index (χ4v) is 5.57. The first kappa shape index (κ1) is 21.2. The van der Waals surface area contributed by atoms with E-state index in [0.29, 0.717) is 13.1 Å². The lowest BCUT2D eigenvalue weighted by Crippen LogP contribution is -2.49. The molecule has 2 aliphatic rings. The minimum atomic E-state index is -3.97. The van der Waals surface area contributed by atoms with E-state index in [1.54, 1.807) is 11.0 Å². The molecule has 4 rings (SSSR count). The standard InChI is InChI=1S/C22H21NO7S/c1-13-10-23(11-14(2)30-13)20(24)12-29-22(26)15-7-8-17-19(9-15)31(27,28)18-6-4-3-5-16(18)21(17)25/h3-9,13-14H,10-12H2,1-2H3/t13-,14-/m1/s1. The summed E-state index contributed by atoms with van der Waals surface area (Å²) in [4.78, 5) is 38.8. The molecule has 0 aromatic heterocycles. The van der Waals surface area contributed by atoms with Crippen LogP contribution in [-0.2, 0) is 24.1 Å². The van der Waals surface area contributed by atoms with E-state index in [4.69, 9.17) is 9.47 Å². The third-order valence-electron chi connectivity index (χ3n) is 5.27. The van der Waals surface area contributed by atoms with Crippen molar-refractivity contribution in [3.05, 3.63) is 59.2 Å². The first-order chi connectivity index (χ1) is 14.7. The molecule has 2 aromatic carbocycles. The van der Waals surface area contributed by atoms with Crippen LogP contribution in [0.25, 0.3) is 0 Å². The van der Waals surface area contributed by atoms with Crippen LogP contribution < -0.4 is 0 Å². The van der Waals surface area contributed by atoms with Crippen LogP contribution in [0, 0.1) is 0 Å². The number of sulfone groups is 1. The predicted molar refractivity (Wildman–Crippen MR) is 109 cm³/mol. The van der Waals surface area contributed by atoms with Crippen LogP contribution in [0.2, 0.25) is 0 Å². The molecule has 0 unspecified atom stereocenters. The third-order valence-corrected chi connectivity index (χ3v) is 7.12. The lowest BCUT2D eigenvalue weighted by atomic mass is 10.0. The number of hydrogen-bond acceptors (Lipinski definition) is 7. The van der Waals surface area contributed by atoms with E-state index in [0.717, 1.165) is 6.07 Å². The zero-order valence-corrected chi connectivity index (χ0v) is 17.8. The molecular weight excluding hydrogens is 422 g/mol. The van der Waals surface area contributed by atoms with Crippen molar-refractivity contribution in [2.24, 2.45) is 0 Å². The van der Waals surface area contributed by atoms with Gasteiger partial charge in [0.25, 0.3) is 5.91 Å². The van der Waals surface area contributed by atoms with Crippen LogP contribution in [-0.4, -0.2) is 62.9 Å². The number of benzene rings is 2. The summed E-state index contributed by atoms with van der Waals surface area (Å²) >= 11 is 0. The molecule has 2 aromatic rings. The molecule has 2 aliphatic heterocycles. The maximum Gasteiger partial charge on any atom is 0.338 e. The van der Waals surface area contributed by atoms with E-state index < -0.39 is 28.2 Å². The van der Waals surface area contributed by atoms with Crippen molar-refractivity contribution in [1.82, 2.24) is 4.90 Å². The van der Waals surface area contributed by atoms with E-state index in [2.05, 4.69) is 0 Å². The highest BCUT2D eigenvalue weighted by molar-refractivity contribution is 7.91. The summed E-state index contributed by atoms with van der Waals surface area (Å²) < 4.78 is 36.6. The number of rotatable bonds is 3. The van der Waals surface area contributed by atoms with E-state index in [9.17, 15) is 22.8 Å². The number of nitrogens with zero attached hydrogens (tertiary/aromatic N) is 1. The number of fused-ring (bicyclic) bond motifs is 2. The van der Waals surface area contributed by atoms with Crippen molar-refractivity contribution >= 4 is 27.5 Å². The van der Waals surface area contributed by atoms with Gasteiger partial charge in [-0.15, -0.1) is 0 Å². The van der Waals surface area contributed by atoms with Gasteiger partial charge in [0.05, 0.1) is 27.6 Å². The van der Waals surface area contributed by atoms with Crippen LogP contribution in [0.5, 0.6) is 0 Å². The maximum atomic E-state index is 13.0. The molecule has 1 saturated heterocycles. The molecule has 1 fully saturated rings. The molecule has 31 heavy (non-hydrogen) atoms.